The predicted molar refractivity (Wildman–Crippen MR) is 105 cm³/mol. The van der Waals surface area contributed by atoms with Crippen molar-refractivity contribution in [1.82, 2.24) is 0 Å². The molecule has 0 aromatic carbocycles. The molecule has 4 heteroatoms. The van der Waals surface area contributed by atoms with Gasteiger partial charge in [-0.15, -0.1) is 0 Å². The van der Waals surface area contributed by atoms with E-state index in [-0.39, 0.29) is 0 Å². The Morgan fingerprint density at radius 1 is 0.741 bits per heavy atom. The summed E-state index contributed by atoms with van der Waals surface area (Å²) in [7, 11) is 0. The van der Waals surface area contributed by atoms with Crippen LogP contribution >= 0.6 is 0 Å². The van der Waals surface area contributed by atoms with E-state index in [1.807, 2.05) is 0 Å². The first-order valence-electron chi connectivity index (χ1n) is 11.4. The Labute approximate surface area is 164 Å². The van der Waals surface area contributed by atoms with Gasteiger partial charge in [0, 0.05) is 12.0 Å². The van der Waals surface area contributed by atoms with Crippen LogP contribution in [0, 0.1) is 29.6 Å². The third-order valence-corrected chi connectivity index (χ3v) is 7.38. The summed E-state index contributed by atoms with van der Waals surface area (Å²) < 4.78 is 35.2. The molecule has 0 bridgehead atoms. The van der Waals surface area contributed by atoms with Gasteiger partial charge in [-0.3, -0.25) is 0 Å². The molecule has 2 nitrogen and oxygen atoms in total. The Hall–Kier alpha value is -0.480. The lowest BCUT2D eigenvalue weighted by Crippen LogP contribution is -2.31. The Morgan fingerprint density at radius 2 is 1.22 bits per heavy atom. The summed E-state index contributed by atoms with van der Waals surface area (Å²) in [5.74, 6) is 4.20. The normalized spacial score (nSPS) is 37.7. The van der Waals surface area contributed by atoms with Gasteiger partial charge in [0.2, 0.25) is 0 Å². The number of halogens is 2. The number of hydrogen-bond donors (Lipinski definition) is 0. The van der Waals surface area contributed by atoms with E-state index in [0.29, 0.717) is 19.1 Å². The van der Waals surface area contributed by atoms with E-state index >= 15 is 0 Å². The van der Waals surface area contributed by atoms with E-state index < -0.39 is 12.4 Å². The van der Waals surface area contributed by atoms with Gasteiger partial charge in [-0.05, 0) is 55.8 Å². The van der Waals surface area contributed by atoms with Crippen molar-refractivity contribution < 1.29 is 18.3 Å². The first kappa shape index (κ1) is 21.2. The first-order valence-corrected chi connectivity index (χ1v) is 11.4. The van der Waals surface area contributed by atoms with Crippen LogP contribution in [-0.4, -0.2) is 19.5 Å². The van der Waals surface area contributed by atoms with Gasteiger partial charge in [0.15, 0.2) is 6.29 Å². The molecule has 2 saturated carbocycles. The van der Waals surface area contributed by atoms with Crippen LogP contribution in [0.25, 0.3) is 0 Å². The zero-order valence-corrected chi connectivity index (χ0v) is 17.0. The van der Waals surface area contributed by atoms with Crippen LogP contribution in [0.1, 0.15) is 84.0 Å². The van der Waals surface area contributed by atoms with E-state index in [2.05, 4.69) is 6.92 Å². The molecule has 0 N–H and O–H groups in total. The van der Waals surface area contributed by atoms with Crippen LogP contribution in [-0.2, 0) is 9.47 Å². The second kappa shape index (κ2) is 10.9. The molecule has 0 atom stereocenters. The highest BCUT2D eigenvalue weighted by Gasteiger charge is 2.31. The van der Waals surface area contributed by atoms with Gasteiger partial charge in [0.05, 0.1) is 13.2 Å². The van der Waals surface area contributed by atoms with Crippen molar-refractivity contribution in [3.05, 3.63) is 12.2 Å². The largest absolute Gasteiger partial charge is 0.348 e. The maximum Gasteiger partial charge on any atom is 0.271 e. The molecule has 0 aromatic heterocycles. The Kier molecular flexibility index (Phi) is 8.57. The van der Waals surface area contributed by atoms with Gasteiger partial charge in [-0.25, -0.2) is 0 Å². The Balaban J connectivity index is 1.29. The van der Waals surface area contributed by atoms with Crippen molar-refractivity contribution >= 4 is 0 Å². The lowest BCUT2D eigenvalue weighted by molar-refractivity contribution is -0.177. The zero-order chi connectivity index (χ0) is 19.1. The van der Waals surface area contributed by atoms with Crippen molar-refractivity contribution in [2.24, 2.45) is 29.6 Å². The Morgan fingerprint density at radius 3 is 1.70 bits per heavy atom. The highest BCUT2D eigenvalue weighted by Crippen LogP contribution is 2.43. The molecule has 1 aliphatic heterocycles. The van der Waals surface area contributed by atoms with E-state index in [1.54, 1.807) is 0 Å². The number of hydrogen-bond acceptors (Lipinski definition) is 2. The molecule has 0 amide bonds. The SMILES string of the molecule is CCCC1CCC(C2CCC(CCC3COC(C=C(F)F)OC3)CC2)CC1. The van der Waals surface area contributed by atoms with Crippen molar-refractivity contribution in [1.29, 1.82) is 0 Å². The molecule has 0 radical (unpaired) electrons. The minimum absolute atomic E-state index is 0.365. The molecule has 156 valence electrons. The third-order valence-electron chi connectivity index (χ3n) is 7.38. The fourth-order valence-electron chi connectivity index (χ4n) is 5.70. The summed E-state index contributed by atoms with van der Waals surface area (Å²) in [6, 6.07) is 0. The number of ether oxygens (including phenoxy) is 2. The highest BCUT2D eigenvalue weighted by molar-refractivity contribution is 4.86. The highest BCUT2D eigenvalue weighted by atomic mass is 19.3. The van der Waals surface area contributed by atoms with Gasteiger partial charge >= 0.3 is 0 Å². The predicted octanol–water partition coefficient (Wildman–Crippen LogP) is 6.95. The monoisotopic (exact) mass is 384 g/mol. The van der Waals surface area contributed by atoms with E-state index in [4.69, 9.17) is 9.47 Å². The van der Waals surface area contributed by atoms with Gasteiger partial charge in [0.25, 0.3) is 6.08 Å². The summed E-state index contributed by atoms with van der Waals surface area (Å²) >= 11 is 0. The van der Waals surface area contributed by atoms with Crippen LogP contribution in [0.2, 0.25) is 0 Å². The zero-order valence-electron chi connectivity index (χ0n) is 17.0. The maximum absolute atomic E-state index is 12.2. The fourth-order valence-corrected chi connectivity index (χ4v) is 5.70. The lowest BCUT2D eigenvalue weighted by Gasteiger charge is -2.38. The number of rotatable bonds is 7. The minimum atomic E-state index is -1.73. The molecule has 0 unspecified atom stereocenters. The molecule has 0 aromatic rings. The van der Waals surface area contributed by atoms with Gasteiger partial charge in [-0.2, -0.15) is 8.78 Å². The average Bonchev–Trinajstić information content (AvgIpc) is 2.68. The molecule has 1 saturated heterocycles. The van der Waals surface area contributed by atoms with E-state index in [0.717, 1.165) is 36.2 Å². The molecular weight excluding hydrogens is 346 g/mol. The molecule has 2 aliphatic carbocycles. The van der Waals surface area contributed by atoms with Crippen LogP contribution in [0.15, 0.2) is 12.2 Å². The second-order valence-electron chi connectivity index (χ2n) is 9.29. The van der Waals surface area contributed by atoms with Crippen molar-refractivity contribution in [2.45, 2.75) is 90.3 Å². The maximum atomic E-state index is 12.2. The quantitative estimate of drug-likeness (QED) is 0.473. The van der Waals surface area contributed by atoms with Gasteiger partial charge < -0.3 is 9.47 Å². The summed E-state index contributed by atoms with van der Waals surface area (Å²) in [6.45, 7) is 3.41. The summed E-state index contributed by atoms with van der Waals surface area (Å²) in [6.07, 6.45) is 14.8. The molecule has 3 fully saturated rings. The van der Waals surface area contributed by atoms with Gasteiger partial charge in [0.1, 0.15) is 0 Å². The van der Waals surface area contributed by atoms with Crippen LogP contribution in [0.5, 0.6) is 0 Å². The molecule has 3 aliphatic rings. The first-order chi connectivity index (χ1) is 13.1. The summed E-state index contributed by atoms with van der Waals surface area (Å²) in [4.78, 5) is 0. The molecule has 27 heavy (non-hydrogen) atoms. The molecular formula is C23H38F2O2. The fraction of sp³-hybridized carbons (Fsp3) is 0.913. The smallest absolute Gasteiger partial charge is 0.271 e. The van der Waals surface area contributed by atoms with Crippen molar-refractivity contribution in [3.8, 4) is 0 Å². The Bertz CT molecular complexity index is 439. The average molecular weight is 385 g/mol. The second-order valence-corrected chi connectivity index (χ2v) is 9.29. The lowest BCUT2D eigenvalue weighted by atomic mass is 9.68. The van der Waals surface area contributed by atoms with Crippen LogP contribution < -0.4 is 0 Å². The van der Waals surface area contributed by atoms with Crippen LogP contribution in [0.4, 0.5) is 8.78 Å². The standard InChI is InChI=1S/C23H38F2O2/c1-2-3-17-6-10-20(11-7-17)21-12-8-18(9-13-21)4-5-19-15-26-23(27-16-19)14-22(24)25/h14,17-21,23H,2-13,15-16H2,1H3. The van der Waals surface area contributed by atoms with E-state index in [9.17, 15) is 8.78 Å². The van der Waals surface area contributed by atoms with Crippen molar-refractivity contribution in [2.75, 3.05) is 13.2 Å². The molecule has 1 heterocycles. The van der Waals surface area contributed by atoms with Crippen LogP contribution in [0.3, 0.4) is 0 Å². The third kappa shape index (κ3) is 6.81. The van der Waals surface area contributed by atoms with E-state index in [1.165, 1.54) is 70.6 Å². The topological polar surface area (TPSA) is 18.5 Å². The molecule has 3 rings (SSSR count). The minimum Gasteiger partial charge on any atom is -0.348 e. The summed E-state index contributed by atoms with van der Waals surface area (Å²) in [5.41, 5.74) is 0. The molecule has 0 spiro atoms. The van der Waals surface area contributed by atoms with Gasteiger partial charge in [-0.1, -0.05) is 51.9 Å². The van der Waals surface area contributed by atoms with Crippen molar-refractivity contribution in [3.63, 3.8) is 0 Å². The summed E-state index contributed by atoms with van der Waals surface area (Å²) in [5, 5.41) is 0.